The number of aldehydes is 1. The SMILES string of the molecule is COc1cccc(C=O)c1OCc1ccc(Br)s1. The monoisotopic (exact) mass is 326 g/mol. The fraction of sp³-hybridized carbons (Fsp3) is 0.154. The molecular weight excluding hydrogens is 316 g/mol. The summed E-state index contributed by atoms with van der Waals surface area (Å²) in [4.78, 5) is 12.0. The lowest BCUT2D eigenvalue weighted by Gasteiger charge is -2.11. The first kappa shape index (κ1) is 13.1. The van der Waals surface area contributed by atoms with Crippen molar-refractivity contribution in [2.24, 2.45) is 0 Å². The zero-order chi connectivity index (χ0) is 13.0. The molecule has 18 heavy (non-hydrogen) atoms. The summed E-state index contributed by atoms with van der Waals surface area (Å²) in [6.07, 6.45) is 0.766. The van der Waals surface area contributed by atoms with E-state index >= 15 is 0 Å². The van der Waals surface area contributed by atoms with Gasteiger partial charge in [0.05, 0.1) is 16.5 Å². The van der Waals surface area contributed by atoms with E-state index in [1.54, 1.807) is 36.6 Å². The number of methoxy groups -OCH3 is 1. The second kappa shape index (κ2) is 6.02. The van der Waals surface area contributed by atoms with E-state index in [9.17, 15) is 4.79 Å². The van der Waals surface area contributed by atoms with Gasteiger partial charge in [-0.2, -0.15) is 0 Å². The molecule has 0 saturated carbocycles. The molecule has 0 aliphatic rings. The van der Waals surface area contributed by atoms with Crippen LogP contribution in [0.4, 0.5) is 0 Å². The number of hydrogen-bond acceptors (Lipinski definition) is 4. The van der Waals surface area contributed by atoms with Crippen LogP contribution in [0.2, 0.25) is 0 Å². The zero-order valence-corrected chi connectivity index (χ0v) is 12.1. The summed E-state index contributed by atoms with van der Waals surface area (Å²) >= 11 is 4.99. The number of ether oxygens (including phenoxy) is 2. The van der Waals surface area contributed by atoms with Crippen molar-refractivity contribution in [3.63, 3.8) is 0 Å². The Balaban J connectivity index is 2.19. The molecule has 3 nitrogen and oxygen atoms in total. The van der Waals surface area contributed by atoms with Crippen LogP contribution in [0.15, 0.2) is 34.1 Å². The molecule has 0 amide bonds. The number of halogens is 1. The normalized spacial score (nSPS) is 10.1. The number of carbonyl (C=O) groups is 1. The van der Waals surface area contributed by atoms with E-state index < -0.39 is 0 Å². The molecule has 0 unspecified atom stereocenters. The molecule has 0 bridgehead atoms. The van der Waals surface area contributed by atoms with Crippen molar-refractivity contribution in [1.82, 2.24) is 0 Å². The largest absolute Gasteiger partial charge is 0.493 e. The second-order valence-corrected chi connectivity index (χ2v) is 6.04. The van der Waals surface area contributed by atoms with Crippen LogP contribution in [0.25, 0.3) is 0 Å². The minimum atomic E-state index is 0.414. The van der Waals surface area contributed by atoms with E-state index in [0.29, 0.717) is 23.7 Å². The molecule has 1 aromatic carbocycles. The molecule has 0 N–H and O–H groups in total. The molecule has 0 fully saturated rings. The number of hydrogen-bond donors (Lipinski definition) is 0. The minimum Gasteiger partial charge on any atom is -0.493 e. The Labute approximate surface area is 117 Å². The predicted molar refractivity (Wildman–Crippen MR) is 74.7 cm³/mol. The first-order chi connectivity index (χ1) is 8.74. The van der Waals surface area contributed by atoms with Crippen molar-refractivity contribution in [2.75, 3.05) is 7.11 Å². The Morgan fingerprint density at radius 3 is 2.78 bits per heavy atom. The number of benzene rings is 1. The average Bonchev–Trinajstić information content (AvgIpc) is 2.81. The van der Waals surface area contributed by atoms with E-state index in [2.05, 4.69) is 15.9 Å². The third-order valence-electron chi connectivity index (χ3n) is 2.34. The lowest BCUT2D eigenvalue weighted by molar-refractivity contribution is 0.111. The van der Waals surface area contributed by atoms with E-state index in [0.717, 1.165) is 14.9 Å². The van der Waals surface area contributed by atoms with Crippen LogP contribution < -0.4 is 9.47 Å². The molecular formula is C13H11BrO3S. The van der Waals surface area contributed by atoms with E-state index in [1.165, 1.54) is 0 Å². The van der Waals surface area contributed by atoms with Gasteiger partial charge < -0.3 is 9.47 Å². The van der Waals surface area contributed by atoms with Crippen LogP contribution in [0, 0.1) is 0 Å². The molecule has 5 heteroatoms. The van der Waals surface area contributed by atoms with Gasteiger partial charge in [0.15, 0.2) is 17.8 Å². The van der Waals surface area contributed by atoms with Crippen molar-refractivity contribution in [1.29, 1.82) is 0 Å². The zero-order valence-electron chi connectivity index (χ0n) is 9.68. The fourth-order valence-corrected chi connectivity index (χ4v) is 2.91. The minimum absolute atomic E-state index is 0.414. The third kappa shape index (κ3) is 2.91. The highest BCUT2D eigenvalue weighted by molar-refractivity contribution is 9.11. The van der Waals surface area contributed by atoms with Crippen molar-refractivity contribution in [2.45, 2.75) is 6.61 Å². The third-order valence-corrected chi connectivity index (χ3v) is 3.94. The van der Waals surface area contributed by atoms with Gasteiger partial charge in [0.25, 0.3) is 0 Å². The van der Waals surface area contributed by atoms with Crippen LogP contribution in [-0.2, 0) is 6.61 Å². The van der Waals surface area contributed by atoms with Crippen molar-refractivity contribution >= 4 is 33.6 Å². The Kier molecular flexibility index (Phi) is 4.38. The van der Waals surface area contributed by atoms with Crippen LogP contribution in [0.3, 0.4) is 0 Å². The van der Waals surface area contributed by atoms with Gasteiger partial charge in [-0.05, 0) is 40.2 Å². The molecule has 94 valence electrons. The van der Waals surface area contributed by atoms with E-state index in [1.807, 2.05) is 12.1 Å². The predicted octanol–water partition coefficient (Wildman–Crippen LogP) is 3.91. The van der Waals surface area contributed by atoms with Crippen LogP contribution in [0.5, 0.6) is 11.5 Å². The topological polar surface area (TPSA) is 35.5 Å². The summed E-state index contributed by atoms with van der Waals surface area (Å²) in [5.41, 5.74) is 0.491. The van der Waals surface area contributed by atoms with Gasteiger partial charge in [0.2, 0.25) is 0 Å². The molecule has 0 aliphatic heterocycles. The van der Waals surface area contributed by atoms with E-state index in [-0.39, 0.29) is 0 Å². The maximum Gasteiger partial charge on any atom is 0.172 e. The first-order valence-corrected chi connectivity index (χ1v) is 6.84. The lowest BCUT2D eigenvalue weighted by Crippen LogP contribution is -1.99. The maximum absolute atomic E-state index is 11.0. The number of rotatable bonds is 5. The van der Waals surface area contributed by atoms with Gasteiger partial charge in [0, 0.05) is 4.88 Å². The van der Waals surface area contributed by atoms with Crippen LogP contribution in [0.1, 0.15) is 15.2 Å². The molecule has 1 aromatic heterocycles. The van der Waals surface area contributed by atoms with Gasteiger partial charge >= 0.3 is 0 Å². The molecule has 0 spiro atoms. The standard InChI is InChI=1S/C13H11BrO3S/c1-16-11-4-2-3-9(7-15)13(11)17-8-10-5-6-12(14)18-10/h2-7H,8H2,1H3. The highest BCUT2D eigenvalue weighted by Gasteiger charge is 2.10. The van der Waals surface area contributed by atoms with Crippen LogP contribution >= 0.6 is 27.3 Å². The molecule has 0 radical (unpaired) electrons. The molecule has 0 atom stereocenters. The van der Waals surface area contributed by atoms with Gasteiger partial charge in [-0.1, -0.05) is 6.07 Å². The Hall–Kier alpha value is -1.33. The van der Waals surface area contributed by atoms with Crippen molar-refractivity contribution < 1.29 is 14.3 Å². The number of para-hydroxylation sites is 1. The molecule has 0 saturated heterocycles. The number of thiophene rings is 1. The highest BCUT2D eigenvalue weighted by atomic mass is 79.9. The molecule has 2 aromatic rings. The Bertz CT molecular complexity index is 551. The van der Waals surface area contributed by atoms with E-state index in [4.69, 9.17) is 9.47 Å². The summed E-state index contributed by atoms with van der Waals surface area (Å²) in [6.45, 7) is 0.414. The summed E-state index contributed by atoms with van der Waals surface area (Å²) in [5.74, 6) is 1.05. The van der Waals surface area contributed by atoms with Crippen LogP contribution in [-0.4, -0.2) is 13.4 Å². The molecule has 1 heterocycles. The Morgan fingerprint density at radius 1 is 1.33 bits per heavy atom. The summed E-state index contributed by atoms with van der Waals surface area (Å²) < 4.78 is 11.9. The number of carbonyl (C=O) groups excluding carboxylic acids is 1. The van der Waals surface area contributed by atoms with Gasteiger partial charge in [-0.15, -0.1) is 11.3 Å². The molecule has 0 aliphatic carbocycles. The van der Waals surface area contributed by atoms with Gasteiger partial charge in [0.1, 0.15) is 6.61 Å². The first-order valence-electron chi connectivity index (χ1n) is 5.24. The van der Waals surface area contributed by atoms with Crippen molar-refractivity contribution in [3.05, 3.63) is 44.6 Å². The second-order valence-electron chi connectivity index (χ2n) is 3.49. The summed E-state index contributed by atoms with van der Waals surface area (Å²) in [7, 11) is 1.55. The van der Waals surface area contributed by atoms with Gasteiger partial charge in [-0.3, -0.25) is 4.79 Å². The maximum atomic E-state index is 11.0. The smallest absolute Gasteiger partial charge is 0.172 e. The summed E-state index contributed by atoms with van der Waals surface area (Å²) in [5, 5.41) is 0. The fourth-order valence-electron chi connectivity index (χ4n) is 1.51. The van der Waals surface area contributed by atoms with Crippen molar-refractivity contribution in [3.8, 4) is 11.5 Å². The quantitative estimate of drug-likeness (QED) is 0.781. The summed E-state index contributed by atoms with van der Waals surface area (Å²) in [6, 6.07) is 9.18. The van der Waals surface area contributed by atoms with Gasteiger partial charge in [-0.25, -0.2) is 0 Å². The highest BCUT2D eigenvalue weighted by Crippen LogP contribution is 2.31. The average molecular weight is 327 g/mol. The molecule has 2 rings (SSSR count). The lowest BCUT2D eigenvalue weighted by atomic mass is 10.2. The Morgan fingerprint density at radius 2 is 2.17 bits per heavy atom.